The summed E-state index contributed by atoms with van der Waals surface area (Å²) in [6.45, 7) is 7.08. The lowest BCUT2D eigenvalue weighted by Gasteiger charge is -2.43. The Kier molecular flexibility index (Phi) is 6.33. The number of ether oxygens (including phenoxy) is 1. The molecule has 1 N–H and O–H groups in total. The zero-order valence-corrected chi connectivity index (χ0v) is 19.6. The Morgan fingerprint density at radius 1 is 1.15 bits per heavy atom. The summed E-state index contributed by atoms with van der Waals surface area (Å²) >= 11 is 0. The molecule has 33 heavy (non-hydrogen) atoms. The minimum Gasteiger partial charge on any atom is -0.385 e. The van der Waals surface area contributed by atoms with Crippen LogP contribution in [0.1, 0.15) is 35.0 Å². The average Bonchev–Trinajstić information content (AvgIpc) is 3.24. The van der Waals surface area contributed by atoms with E-state index in [0.717, 1.165) is 22.4 Å². The summed E-state index contributed by atoms with van der Waals surface area (Å²) in [6.07, 6.45) is 0.695. The average molecular weight is 447 g/mol. The Balaban J connectivity index is 1.78. The number of methoxy groups -OCH3 is 1. The number of hydrogen-bond donors (Lipinski definition) is 1. The molecule has 7 heteroatoms. The largest absolute Gasteiger partial charge is 0.385 e. The molecule has 0 saturated heterocycles. The Bertz CT molecular complexity index is 1170. The van der Waals surface area contributed by atoms with E-state index in [-0.39, 0.29) is 18.4 Å². The number of aromatic nitrogens is 2. The van der Waals surface area contributed by atoms with E-state index in [1.54, 1.807) is 16.7 Å². The van der Waals surface area contributed by atoms with Gasteiger partial charge in [0, 0.05) is 31.5 Å². The molecule has 3 aromatic rings. The number of anilines is 1. The predicted molar refractivity (Wildman–Crippen MR) is 128 cm³/mol. The molecule has 0 aliphatic carbocycles. The van der Waals surface area contributed by atoms with Gasteiger partial charge >= 0.3 is 0 Å². The Morgan fingerprint density at radius 2 is 1.91 bits per heavy atom. The van der Waals surface area contributed by atoms with Gasteiger partial charge in [0.05, 0.1) is 12.2 Å². The molecule has 0 saturated carbocycles. The summed E-state index contributed by atoms with van der Waals surface area (Å²) in [5.74, 6) is -0.450. The normalized spacial score (nSPS) is 17.7. The number of carbonyl (C=O) groups is 2. The molecule has 2 amide bonds. The monoisotopic (exact) mass is 446 g/mol. The van der Waals surface area contributed by atoms with Crippen LogP contribution >= 0.6 is 0 Å². The number of benzene rings is 2. The second-order valence-corrected chi connectivity index (χ2v) is 8.67. The number of nitrogens with zero attached hydrogens (tertiary/aromatic N) is 3. The zero-order valence-electron chi connectivity index (χ0n) is 19.6. The third-order valence-electron chi connectivity index (χ3n) is 6.34. The molecule has 2 heterocycles. The molecule has 0 radical (unpaired) electrons. The van der Waals surface area contributed by atoms with Gasteiger partial charge in [0.15, 0.2) is 0 Å². The molecule has 0 bridgehead atoms. The highest BCUT2D eigenvalue weighted by molar-refractivity contribution is 6.12. The van der Waals surface area contributed by atoms with Gasteiger partial charge in [-0.2, -0.15) is 5.10 Å². The number of fused-ring (bicyclic) bond motifs is 1. The van der Waals surface area contributed by atoms with Crippen LogP contribution in [0.25, 0.3) is 11.3 Å². The molecule has 0 fully saturated rings. The molecule has 2 aromatic carbocycles. The van der Waals surface area contributed by atoms with Crippen molar-refractivity contribution in [3.8, 4) is 11.3 Å². The lowest BCUT2D eigenvalue weighted by molar-refractivity contribution is -0.126. The van der Waals surface area contributed by atoms with Crippen LogP contribution in [0.3, 0.4) is 0 Å². The van der Waals surface area contributed by atoms with Crippen molar-refractivity contribution in [2.45, 2.75) is 39.3 Å². The maximum Gasteiger partial charge on any atom is 0.277 e. The minimum atomic E-state index is -1.14. The third-order valence-corrected chi connectivity index (χ3v) is 6.34. The van der Waals surface area contributed by atoms with E-state index in [4.69, 9.17) is 9.84 Å². The van der Waals surface area contributed by atoms with Crippen molar-refractivity contribution in [1.29, 1.82) is 0 Å². The van der Waals surface area contributed by atoms with Crippen molar-refractivity contribution in [1.82, 2.24) is 15.1 Å². The van der Waals surface area contributed by atoms with Gasteiger partial charge < -0.3 is 10.1 Å². The lowest BCUT2D eigenvalue weighted by atomic mass is 9.92. The van der Waals surface area contributed by atoms with Gasteiger partial charge in [0.25, 0.3) is 5.91 Å². The Morgan fingerprint density at radius 3 is 2.64 bits per heavy atom. The summed E-state index contributed by atoms with van der Waals surface area (Å²) in [4.78, 5) is 29.0. The molecule has 0 unspecified atom stereocenters. The SMILES string of the molecule is COCCCNC(=O)[C@]1(C)Cn2nc(-c3ccccc3)cc2C(=O)N1c1cccc(C)c1C. The summed E-state index contributed by atoms with van der Waals surface area (Å²) in [5.41, 5.74) is 3.74. The van der Waals surface area contributed by atoms with E-state index in [1.807, 2.05) is 75.4 Å². The van der Waals surface area contributed by atoms with Crippen LogP contribution in [0.15, 0.2) is 54.6 Å². The summed E-state index contributed by atoms with van der Waals surface area (Å²) in [5, 5.41) is 7.69. The molecular formula is C26H30N4O3. The molecule has 1 aliphatic heterocycles. The van der Waals surface area contributed by atoms with Crippen molar-refractivity contribution in [3.05, 3.63) is 71.4 Å². The highest BCUT2D eigenvalue weighted by atomic mass is 16.5. The van der Waals surface area contributed by atoms with Crippen LogP contribution in [0.4, 0.5) is 5.69 Å². The predicted octanol–water partition coefficient (Wildman–Crippen LogP) is 3.74. The molecule has 1 aliphatic rings. The van der Waals surface area contributed by atoms with E-state index >= 15 is 0 Å². The minimum absolute atomic E-state index is 0.213. The molecule has 172 valence electrons. The van der Waals surface area contributed by atoms with Crippen molar-refractivity contribution in [2.24, 2.45) is 0 Å². The highest BCUT2D eigenvalue weighted by Gasteiger charge is 2.49. The zero-order chi connectivity index (χ0) is 23.6. The summed E-state index contributed by atoms with van der Waals surface area (Å²) in [7, 11) is 1.63. The van der Waals surface area contributed by atoms with Gasteiger partial charge in [-0.1, -0.05) is 42.5 Å². The van der Waals surface area contributed by atoms with Crippen molar-refractivity contribution in [2.75, 3.05) is 25.2 Å². The van der Waals surface area contributed by atoms with Crippen LogP contribution in [-0.4, -0.2) is 47.4 Å². The maximum absolute atomic E-state index is 13.9. The molecule has 7 nitrogen and oxygen atoms in total. The Hall–Kier alpha value is -3.45. The quantitative estimate of drug-likeness (QED) is 0.561. The van der Waals surface area contributed by atoms with Gasteiger partial charge in [-0.15, -0.1) is 0 Å². The second-order valence-electron chi connectivity index (χ2n) is 8.67. The van der Waals surface area contributed by atoms with Gasteiger partial charge in [-0.3, -0.25) is 19.2 Å². The number of aryl methyl sites for hydroxylation is 1. The molecular weight excluding hydrogens is 416 g/mol. The fraction of sp³-hybridized carbons (Fsp3) is 0.346. The van der Waals surface area contributed by atoms with E-state index in [0.29, 0.717) is 31.0 Å². The summed E-state index contributed by atoms with van der Waals surface area (Å²) < 4.78 is 6.76. The van der Waals surface area contributed by atoms with E-state index in [9.17, 15) is 9.59 Å². The van der Waals surface area contributed by atoms with E-state index in [1.165, 1.54) is 0 Å². The Labute approximate surface area is 194 Å². The van der Waals surface area contributed by atoms with Crippen molar-refractivity contribution >= 4 is 17.5 Å². The number of hydrogen-bond acceptors (Lipinski definition) is 4. The first-order valence-electron chi connectivity index (χ1n) is 11.2. The molecule has 1 atom stereocenters. The van der Waals surface area contributed by atoms with Gasteiger partial charge in [-0.05, 0) is 50.5 Å². The topological polar surface area (TPSA) is 76.5 Å². The number of nitrogens with one attached hydrogen (secondary N) is 1. The fourth-order valence-electron chi connectivity index (χ4n) is 4.30. The standard InChI is InChI=1S/C26H30N4O3/c1-18-10-8-13-22(19(18)2)30-24(31)23-16-21(20-11-6-5-7-12-20)28-29(23)17-26(30,3)25(32)27-14-9-15-33-4/h5-8,10-13,16H,9,14-15,17H2,1-4H3,(H,27,32)/t26-/m0/s1. The first-order valence-corrected chi connectivity index (χ1v) is 11.2. The second kappa shape index (κ2) is 9.19. The number of carbonyl (C=O) groups excluding carboxylic acids is 2. The smallest absolute Gasteiger partial charge is 0.277 e. The lowest BCUT2D eigenvalue weighted by Crippen LogP contribution is -2.64. The first-order chi connectivity index (χ1) is 15.9. The van der Waals surface area contributed by atoms with Gasteiger partial charge in [-0.25, -0.2) is 0 Å². The van der Waals surface area contributed by atoms with Gasteiger partial charge in [0.1, 0.15) is 11.2 Å². The number of rotatable bonds is 7. The van der Waals surface area contributed by atoms with E-state index in [2.05, 4.69) is 5.32 Å². The van der Waals surface area contributed by atoms with Crippen LogP contribution in [0.5, 0.6) is 0 Å². The first kappa shape index (κ1) is 22.7. The number of amides is 2. The molecule has 1 aromatic heterocycles. The van der Waals surface area contributed by atoms with Crippen molar-refractivity contribution in [3.63, 3.8) is 0 Å². The summed E-state index contributed by atoms with van der Waals surface area (Å²) in [6, 6.07) is 17.4. The highest BCUT2D eigenvalue weighted by Crippen LogP contribution is 2.36. The van der Waals surface area contributed by atoms with Crippen molar-refractivity contribution < 1.29 is 14.3 Å². The maximum atomic E-state index is 13.9. The van der Waals surface area contributed by atoms with Crippen LogP contribution in [0, 0.1) is 13.8 Å². The van der Waals surface area contributed by atoms with E-state index < -0.39 is 5.54 Å². The third kappa shape index (κ3) is 4.16. The van der Waals surface area contributed by atoms with Crippen LogP contribution < -0.4 is 10.2 Å². The molecule has 0 spiro atoms. The van der Waals surface area contributed by atoms with Crippen LogP contribution in [0.2, 0.25) is 0 Å². The van der Waals surface area contributed by atoms with Gasteiger partial charge in [0.2, 0.25) is 5.91 Å². The van der Waals surface area contributed by atoms with Crippen LogP contribution in [-0.2, 0) is 16.1 Å². The molecule has 4 rings (SSSR count). The fourth-order valence-corrected chi connectivity index (χ4v) is 4.30.